The van der Waals surface area contributed by atoms with Gasteiger partial charge in [0.05, 0.1) is 12.5 Å². The zero-order valence-corrected chi connectivity index (χ0v) is 12.6. The van der Waals surface area contributed by atoms with Crippen LogP contribution in [0.1, 0.15) is 48.0 Å². The standard InChI is InChI=1S/C14H28O4/c1-7-16-12(17-8-2)10-11(14(4,5)6)13(15)18-9-3/h11-12H,7-10H2,1-6H3. The summed E-state index contributed by atoms with van der Waals surface area (Å²) in [6, 6.07) is 0. The molecule has 0 rings (SSSR count). The number of esters is 1. The van der Waals surface area contributed by atoms with Crippen molar-refractivity contribution in [3.05, 3.63) is 0 Å². The molecule has 0 aliphatic rings. The Kier molecular flexibility index (Phi) is 8.20. The van der Waals surface area contributed by atoms with Gasteiger partial charge in [-0.05, 0) is 26.2 Å². The van der Waals surface area contributed by atoms with Gasteiger partial charge in [0, 0.05) is 19.6 Å². The lowest BCUT2D eigenvalue weighted by Crippen LogP contribution is -2.35. The zero-order valence-electron chi connectivity index (χ0n) is 12.6. The molecule has 0 fully saturated rings. The molecule has 4 nitrogen and oxygen atoms in total. The first kappa shape index (κ1) is 17.4. The van der Waals surface area contributed by atoms with Gasteiger partial charge in [0.25, 0.3) is 0 Å². The molecule has 4 heteroatoms. The van der Waals surface area contributed by atoms with Gasteiger partial charge in [-0.25, -0.2) is 0 Å². The lowest BCUT2D eigenvalue weighted by molar-refractivity contribution is -0.171. The van der Waals surface area contributed by atoms with Crippen LogP contribution >= 0.6 is 0 Å². The number of hydrogen-bond acceptors (Lipinski definition) is 4. The van der Waals surface area contributed by atoms with Crippen molar-refractivity contribution < 1.29 is 19.0 Å². The maximum atomic E-state index is 12.0. The number of ether oxygens (including phenoxy) is 3. The van der Waals surface area contributed by atoms with Crippen molar-refractivity contribution in [1.29, 1.82) is 0 Å². The Morgan fingerprint density at radius 3 is 1.83 bits per heavy atom. The van der Waals surface area contributed by atoms with Crippen molar-refractivity contribution in [3.8, 4) is 0 Å². The first-order valence-corrected chi connectivity index (χ1v) is 6.76. The van der Waals surface area contributed by atoms with Crippen LogP contribution in [0.4, 0.5) is 0 Å². The molecule has 0 aliphatic heterocycles. The van der Waals surface area contributed by atoms with Crippen molar-refractivity contribution >= 4 is 5.97 Å². The molecule has 0 aromatic heterocycles. The Balaban J connectivity index is 4.69. The zero-order chi connectivity index (χ0) is 14.2. The Labute approximate surface area is 111 Å². The van der Waals surface area contributed by atoms with E-state index in [1.165, 1.54) is 0 Å². The summed E-state index contributed by atoms with van der Waals surface area (Å²) in [4.78, 5) is 12.0. The van der Waals surface area contributed by atoms with Gasteiger partial charge in [0.2, 0.25) is 0 Å². The molecule has 0 radical (unpaired) electrons. The highest BCUT2D eigenvalue weighted by Gasteiger charge is 2.35. The second kappa shape index (κ2) is 8.48. The molecule has 0 aromatic carbocycles. The first-order valence-electron chi connectivity index (χ1n) is 6.76. The highest BCUT2D eigenvalue weighted by atomic mass is 16.7. The van der Waals surface area contributed by atoms with Gasteiger partial charge in [-0.1, -0.05) is 20.8 Å². The summed E-state index contributed by atoms with van der Waals surface area (Å²) >= 11 is 0. The third-order valence-corrected chi connectivity index (χ3v) is 2.75. The molecule has 0 saturated heterocycles. The minimum absolute atomic E-state index is 0.168. The lowest BCUT2D eigenvalue weighted by Gasteiger charge is -2.31. The van der Waals surface area contributed by atoms with E-state index < -0.39 is 0 Å². The second-order valence-corrected chi connectivity index (χ2v) is 5.25. The van der Waals surface area contributed by atoms with Crippen LogP contribution in [0.3, 0.4) is 0 Å². The predicted octanol–water partition coefficient (Wildman–Crippen LogP) is 3.00. The van der Waals surface area contributed by atoms with Crippen molar-refractivity contribution in [2.75, 3.05) is 19.8 Å². The molecule has 0 saturated carbocycles. The minimum atomic E-state index is -0.339. The molecular formula is C14H28O4. The minimum Gasteiger partial charge on any atom is -0.466 e. The van der Waals surface area contributed by atoms with Crippen LogP contribution in [0, 0.1) is 11.3 Å². The Morgan fingerprint density at radius 2 is 1.50 bits per heavy atom. The molecule has 0 amide bonds. The lowest BCUT2D eigenvalue weighted by atomic mass is 9.78. The molecule has 0 aliphatic carbocycles. The average molecular weight is 260 g/mol. The molecule has 0 bridgehead atoms. The van der Waals surface area contributed by atoms with Gasteiger partial charge in [-0.15, -0.1) is 0 Å². The topological polar surface area (TPSA) is 44.8 Å². The maximum absolute atomic E-state index is 12.0. The highest BCUT2D eigenvalue weighted by Crippen LogP contribution is 2.31. The molecule has 0 N–H and O–H groups in total. The molecular weight excluding hydrogens is 232 g/mol. The molecule has 0 spiro atoms. The van der Waals surface area contributed by atoms with Crippen molar-refractivity contribution in [3.63, 3.8) is 0 Å². The van der Waals surface area contributed by atoms with Crippen molar-refractivity contribution in [2.45, 2.75) is 54.3 Å². The van der Waals surface area contributed by atoms with Crippen LogP contribution in [-0.2, 0) is 19.0 Å². The fraction of sp³-hybridized carbons (Fsp3) is 0.929. The summed E-state index contributed by atoms with van der Waals surface area (Å²) in [7, 11) is 0. The van der Waals surface area contributed by atoms with E-state index >= 15 is 0 Å². The molecule has 0 aromatic rings. The molecule has 1 atom stereocenters. The Hall–Kier alpha value is -0.610. The molecule has 18 heavy (non-hydrogen) atoms. The van der Waals surface area contributed by atoms with Crippen molar-refractivity contribution in [2.24, 2.45) is 11.3 Å². The normalized spacial score (nSPS) is 13.7. The highest BCUT2D eigenvalue weighted by molar-refractivity contribution is 5.73. The fourth-order valence-electron chi connectivity index (χ4n) is 1.79. The van der Waals surface area contributed by atoms with Gasteiger partial charge in [-0.3, -0.25) is 4.79 Å². The maximum Gasteiger partial charge on any atom is 0.309 e. The fourth-order valence-corrected chi connectivity index (χ4v) is 1.79. The second-order valence-electron chi connectivity index (χ2n) is 5.25. The van der Waals surface area contributed by atoms with Gasteiger partial charge in [-0.2, -0.15) is 0 Å². The van der Waals surface area contributed by atoms with E-state index in [2.05, 4.69) is 0 Å². The summed E-state index contributed by atoms with van der Waals surface area (Å²) in [6.45, 7) is 13.3. The van der Waals surface area contributed by atoms with Crippen molar-refractivity contribution in [1.82, 2.24) is 0 Å². The SMILES string of the molecule is CCOC(=O)C(CC(OCC)OCC)C(C)(C)C. The van der Waals surface area contributed by atoms with E-state index in [0.29, 0.717) is 26.2 Å². The monoisotopic (exact) mass is 260 g/mol. The summed E-state index contributed by atoms with van der Waals surface area (Å²) < 4.78 is 16.2. The quantitative estimate of drug-likeness (QED) is 0.497. The van der Waals surface area contributed by atoms with Crippen LogP contribution in [0.2, 0.25) is 0 Å². The third kappa shape index (κ3) is 6.36. The van der Waals surface area contributed by atoms with Gasteiger partial charge in [0.15, 0.2) is 6.29 Å². The van der Waals surface area contributed by atoms with Crippen LogP contribution in [-0.4, -0.2) is 32.1 Å². The summed E-state index contributed by atoms with van der Waals surface area (Å²) in [5, 5.41) is 0. The van der Waals surface area contributed by atoms with E-state index in [1.807, 2.05) is 41.5 Å². The van der Waals surface area contributed by atoms with E-state index in [0.717, 1.165) is 0 Å². The van der Waals surface area contributed by atoms with Gasteiger partial charge in [0.1, 0.15) is 0 Å². The summed E-state index contributed by atoms with van der Waals surface area (Å²) in [5.41, 5.74) is -0.168. The largest absolute Gasteiger partial charge is 0.466 e. The molecule has 1 unspecified atom stereocenters. The predicted molar refractivity (Wildman–Crippen MR) is 71.2 cm³/mol. The Morgan fingerprint density at radius 1 is 1.00 bits per heavy atom. The smallest absolute Gasteiger partial charge is 0.309 e. The summed E-state index contributed by atoms with van der Waals surface area (Å²) in [5.74, 6) is -0.394. The summed E-state index contributed by atoms with van der Waals surface area (Å²) in [6.07, 6.45) is 0.193. The molecule has 108 valence electrons. The van der Waals surface area contributed by atoms with E-state index in [4.69, 9.17) is 14.2 Å². The van der Waals surface area contributed by atoms with Crippen LogP contribution in [0.25, 0.3) is 0 Å². The van der Waals surface area contributed by atoms with Gasteiger partial charge < -0.3 is 14.2 Å². The van der Waals surface area contributed by atoms with Crippen LogP contribution in [0.5, 0.6) is 0 Å². The molecule has 0 heterocycles. The van der Waals surface area contributed by atoms with Gasteiger partial charge >= 0.3 is 5.97 Å². The van der Waals surface area contributed by atoms with Crippen LogP contribution in [0.15, 0.2) is 0 Å². The number of carbonyl (C=O) groups excluding carboxylic acids is 1. The third-order valence-electron chi connectivity index (χ3n) is 2.75. The van der Waals surface area contributed by atoms with E-state index in [-0.39, 0.29) is 23.6 Å². The van der Waals surface area contributed by atoms with E-state index in [9.17, 15) is 4.79 Å². The van der Waals surface area contributed by atoms with Crippen LogP contribution < -0.4 is 0 Å². The first-order chi connectivity index (χ1) is 8.36. The number of rotatable bonds is 8. The number of hydrogen-bond donors (Lipinski definition) is 0. The number of carbonyl (C=O) groups is 1. The Bertz CT molecular complexity index is 226. The van der Waals surface area contributed by atoms with E-state index in [1.54, 1.807) is 0 Å². The average Bonchev–Trinajstić information content (AvgIpc) is 2.24.